The van der Waals surface area contributed by atoms with Crippen molar-refractivity contribution in [2.45, 2.75) is 0 Å². The van der Waals surface area contributed by atoms with Crippen LogP contribution in [-0.4, -0.2) is 23.9 Å². The van der Waals surface area contributed by atoms with Crippen molar-refractivity contribution in [1.82, 2.24) is 9.97 Å². The molecule has 0 spiro atoms. The summed E-state index contributed by atoms with van der Waals surface area (Å²) in [5.74, 6) is 2.45. The molecule has 1 aromatic heterocycles. The van der Waals surface area contributed by atoms with Crippen molar-refractivity contribution in [3.63, 3.8) is 0 Å². The monoisotopic (exact) mass is 296 g/mol. The lowest BCUT2D eigenvalue weighted by atomic mass is 10.1. The minimum Gasteiger partial charge on any atom is -0.497 e. The van der Waals surface area contributed by atoms with Crippen LogP contribution >= 0.6 is 0 Å². The van der Waals surface area contributed by atoms with Crippen LogP contribution in [0.2, 0.25) is 0 Å². The van der Waals surface area contributed by atoms with E-state index in [4.69, 9.17) is 14.2 Å². The van der Waals surface area contributed by atoms with Gasteiger partial charge in [-0.3, -0.25) is 4.79 Å². The first-order valence-electron chi connectivity index (χ1n) is 6.73. The Morgan fingerprint density at radius 2 is 2.00 bits per heavy atom. The third-order valence-electron chi connectivity index (χ3n) is 3.56. The summed E-state index contributed by atoms with van der Waals surface area (Å²) in [5, 5.41) is 0.490. The highest BCUT2D eigenvalue weighted by molar-refractivity contribution is 5.81. The average molecular weight is 296 g/mol. The number of rotatable bonds is 2. The zero-order chi connectivity index (χ0) is 15.1. The van der Waals surface area contributed by atoms with E-state index >= 15 is 0 Å². The maximum absolute atomic E-state index is 12.3. The Morgan fingerprint density at radius 1 is 1.14 bits per heavy atom. The molecular formula is C16H12N2O4. The number of nitrogens with zero attached hydrogens (tertiary/aromatic N) is 1. The molecule has 1 aliphatic rings. The Kier molecular flexibility index (Phi) is 2.75. The molecule has 0 saturated carbocycles. The summed E-state index contributed by atoms with van der Waals surface area (Å²) in [6, 6.07) is 10.6. The van der Waals surface area contributed by atoms with Gasteiger partial charge in [0.05, 0.1) is 18.0 Å². The predicted molar refractivity (Wildman–Crippen MR) is 80.5 cm³/mol. The van der Waals surface area contributed by atoms with E-state index in [1.807, 2.05) is 6.07 Å². The molecule has 110 valence electrons. The van der Waals surface area contributed by atoms with Gasteiger partial charge in [0, 0.05) is 5.56 Å². The highest BCUT2D eigenvalue weighted by Crippen LogP contribution is 2.35. The van der Waals surface area contributed by atoms with Crippen LogP contribution in [-0.2, 0) is 0 Å². The summed E-state index contributed by atoms with van der Waals surface area (Å²) in [7, 11) is 1.56. The highest BCUT2D eigenvalue weighted by atomic mass is 16.7. The van der Waals surface area contributed by atoms with Crippen LogP contribution in [0.1, 0.15) is 0 Å². The fourth-order valence-corrected chi connectivity index (χ4v) is 2.43. The van der Waals surface area contributed by atoms with Gasteiger partial charge in [-0.1, -0.05) is 0 Å². The van der Waals surface area contributed by atoms with E-state index in [0.29, 0.717) is 34.0 Å². The molecule has 2 heterocycles. The first-order chi connectivity index (χ1) is 10.7. The largest absolute Gasteiger partial charge is 0.497 e. The van der Waals surface area contributed by atoms with Crippen molar-refractivity contribution in [3.05, 3.63) is 46.8 Å². The van der Waals surface area contributed by atoms with Crippen LogP contribution in [0.25, 0.3) is 22.3 Å². The van der Waals surface area contributed by atoms with Gasteiger partial charge >= 0.3 is 0 Å². The standard InChI is InChI=1S/C16H12N2O4/c1-20-10-3-4-12-11(7-10)16(19)18-15(17-12)9-2-5-13-14(6-9)22-8-21-13/h2-7H,8H2,1H3,(H,17,18,19). The van der Waals surface area contributed by atoms with E-state index in [-0.39, 0.29) is 12.4 Å². The van der Waals surface area contributed by atoms with Gasteiger partial charge in [0.1, 0.15) is 11.6 Å². The lowest BCUT2D eigenvalue weighted by Gasteiger charge is -2.05. The van der Waals surface area contributed by atoms with Crippen molar-refractivity contribution < 1.29 is 14.2 Å². The van der Waals surface area contributed by atoms with E-state index in [2.05, 4.69) is 9.97 Å². The van der Waals surface area contributed by atoms with Gasteiger partial charge in [-0.25, -0.2) is 4.98 Å². The zero-order valence-corrected chi connectivity index (χ0v) is 11.8. The fraction of sp³-hybridized carbons (Fsp3) is 0.125. The van der Waals surface area contributed by atoms with Crippen LogP contribution in [0.5, 0.6) is 17.2 Å². The number of hydrogen-bond acceptors (Lipinski definition) is 5. The predicted octanol–water partition coefficient (Wildman–Crippen LogP) is 2.33. The van der Waals surface area contributed by atoms with Gasteiger partial charge in [-0.05, 0) is 36.4 Å². The molecule has 0 amide bonds. The second-order valence-corrected chi connectivity index (χ2v) is 4.87. The summed E-state index contributed by atoms with van der Waals surface area (Å²) in [5.41, 5.74) is 1.16. The lowest BCUT2D eigenvalue weighted by molar-refractivity contribution is 0.174. The molecule has 0 bridgehead atoms. The van der Waals surface area contributed by atoms with Crippen LogP contribution in [0.4, 0.5) is 0 Å². The van der Waals surface area contributed by atoms with Gasteiger partial charge in [0.2, 0.25) is 6.79 Å². The molecule has 4 rings (SSSR count). The van der Waals surface area contributed by atoms with Crippen LogP contribution in [0, 0.1) is 0 Å². The maximum Gasteiger partial charge on any atom is 0.259 e. The number of nitrogens with one attached hydrogen (secondary N) is 1. The first kappa shape index (κ1) is 12.7. The quantitative estimate of drug-likeness (QED) is 0.785. The van der Waals surface area contributed by atoms with Gasteiger partial charge in [0.15, 0.2) is 11.5 Å². The van der Waals surface area contributed by atoms with Crippen molar-refractivity contribution in [2.75, 3.05) is 13.9 Å². The Labute approximate surface area is 125 Å². The molecule has 22 heavy (non-hydrogen) atoms. The normalized spacial score (nSPS) is 12.6. The number of hydrogen-bond donors (Lipinski definition) is 1. The van der Waals surface area contributed by atoms with E-state index < -0.39 is 0 Å². The topological polar surface area (TPSA) is 73.4 Å². The second kappa shape index (κ2) is 4.77. The molecule has 0 saturated heterocycles. The molecule has 2 aromatic carbocycles. The number of aromatic amines is 1. The minimum atomic E-state index is -0.212. The van der Waals surface area contributed by atoms with Crippen molar-refractivity contribution in [1.29, 1.82) is 0 Å². The Bertz CT molecular complexity index is 933. The van der Waals surface area contributed by atoms with Gasteiger partial charge in [-0.15, -0.1) is 0 Å². The minimum absolute atomic E-state index is 0.209. The Balaban J connectivity index is 1.87. The van der Waals surface area contributed by atoms with Gasteiger partial charge < -0.3 is 19.2 Å². The molecule has 0 radical (unpaired) electrons. The van der Waals surface area contributed by atoms with Crippen molar-refractivity contribution in [3.8, 4) is 28.6 Å². The Hall–Kier alpha value is -3.02. The van der Waals surface area contributed by atoms with E-state index in [1.165, 1.54) is 0 Å². The smallest absolute Gasteiger partial charge is 0.259 e. The fourth-order valence-electron chi connectivity index (χ4n) is 2.43. The second-order valence-electron chi connectivity index (χ2n) is 4.87. The lowest BCUT2D eigenvalue weighted by Crippen LogP contribution is -2.09. The molecule has 6 heteroatoms. The number of H-pyrrole nitrogens is 1. The van der Waals surface area contributed by atoms with Crippen LogP contribution < -0.4 is 19.8 Å². The molecular weight excluding hydrogens is 284 g/mol. The third-order valence-corrected chi connectivity index (χ3v) is 3.56. The SMILES string of the molecule is COc1ccc2nc(-c3ccc4c(c3)OCO4)[nH]c(=O)c2c1. The number of ether oxygens (including phenoxy) is 3. The molecule has 0 fully saturated rings. The molecule has 1 N–H and O–H groups in total. The summed E-state index contributed by atoms with van der Waals surface area (Å²) in [6.45, 7) is 0.209. The molecule has 3 aromatic rings. The summed E-state index contributed by atoms with van der Waals surface area (Å²) >= 11 is 0. The zero-order valence-electron chi connectivity index (χ0n) is 11.8. The molecule has 1 aliphatic heterocycles. The number of fused-ring (bicyclic) bond motifs is 2. The average Bonchev–Trinajstić information content (AvgIpc) is 3.02. The molecule has 6 nitrogen and oxygen atoms in total. The molecule has 0 aliphatic carbocycles. The van der Waals surface area contributed by atoms with Gasteiger partial charge in [-0.2, -0.15) is 0 Å². The first-order valence-corrected chi connectivity index (χ1v) is 6.73. The Morgan fingerprint density at radius 3 is 2.86 bits per heavy atom. The summed E-state index contributed by atoms with van der Waals surface area (Å²) in [4.78, 5) is 19.6. The number of methoxy groups -OCH3 is 1. The molecule has 0 unspecified atom stereocenters. The van der Waals surface area contributed by atoms with E-state index in [1.54, 1.807) is 37.4 Å². The van der Waals surface area contributed by atoms with Crippen LogP contribution in [0.3, 0.4) is 0 Å². The summed E-state index contributed by atoms with van der Waals surface area (Å²) < 4.78 is 15.8. The highest BCUT2D eigenvalue weighted by Gasteiger charge is 2.15. The van der Waals surface area contributed by atoms with E-state index in [9.17, 15) is 4.79 Å². The van der Waals surface area contributed by atoms with Crippen molar-refractivity contribution >= 4 is 10.9 Å². The summed E-state index contributed by atoms with van der Waals surface area (Å²) in [6.07, 6.45) is 0. The third kappa shape index (κ3) is 1.96. The number of aromatic nitrogens is 2. The van der Waals surface area contributed by atoms with Gasteiger partial charge in [0.25, 0.3) is 5.56 Å². The van der Waals surface area contributed by atoms with E-state index in [0.717, 1.165) is 5.56 Å². The number of benzene rings is 2. The maximum atomic E-state index is 12.3. The molecule has 0 atom stereocenters. The van der Waals surface area contributed by atoms with Crippen LogP contribution in [0.15, 0.2) is 41.2 Å². The van der Waals surface area contributed by atoms with Crippen molar-refractivity contribution in [2.24, 2.45) is 0 Å².